The van der Waals surface area contributed by atoms with Crippen molar-refractivity contribution in [2.75, 3.05) is 26.2 Å². The van der Waals surface area contributed by atoms with E-state index in [1.807, 2.05) is 0 Å². The first kappa shape index (κ1) is 9.01. The SMILES string of the molecule is CCCCCN1CC(CN)C1. The number of unbranched alkanes of at least 4 members (excludes halogenated alkanes) is 2. The van der Waals surface area contributed by atoms with E-state index in [9.17, 15) is 0 Å². The number of hydrogen-bond acceptors (Lipinski definition) is 2. The molecule has 1 aliphatic heterocycles. The first-order chi connectivity index (χ1) is 5.36. The molecule has 0 aliphatic carbocycles. The molecule has 0 spiro atoms. The molecule has 66 valence electrons. The van der Waals surface area contributed by atoms with Crippen LogP contribution in [0.4, 0.5) is 0 Å². The Morgan fingerprint density at radius 3 is 2.64 bits per heavy atom. The molecule has 2 N–H and O–H groups in total. The number of likely N-dealkylation sites (tertiary alicyclic amines) is 1. The Hall–Kier alpha value is -0.0800. The van der Waals surface area contributed by atoms with E-state index in [1.54, 1.807) is 0 Å². The Balaban J connectivity index is 1.88. The zero-order chi connectivity index (χ0) is 8.10. The number of hydrogen-bond donors (Lipinski definition) is 1. The summed E-state index contributed by atoms with van der Waals surface area (Å²) in [5, 5.41) is 0. The van der Waals surface area contributed by atoms with Gasteiger partial charge in [-0.3, -0.25) is 0 Å². The van der Waals surface area contributed by atoms with Crippen LogP contribution in [0.2, 0.25) is 0 Å². The van der Waals surface area contributed by atoms with Gasteiger partial charge in [0.2, 0.25) is 0 Å². The third kappa shape index (κ3) is 2.80. The fourth-order valence-corrected chi connectivity index (χ4v) is 1.59. The normalized spacial score (nSPS) is 20.2. The molecule has 0 amide bonds. The monoisotopic (exact) mass is 156 g/mol. The van der Waals surface area contributed by atoms with Crippen molar-refractivity contribution in [2.45, 2.75) is 26.2 Å². The van der Waals surface area contributed by atoms with Crippen molar-refractivity contribution in [1.82, 2.24) is 4.90 Å². The molecule has 2 heteroatoms. The van der Waals surface area contributed by atoms with Crippen LogP contribution in [0.5, 0.6) is 0 Å². The second-order valence-electron chi connectivity index (χ2n) is 3.57. The quantitative estimate of drug-likeness (QED) is 0.603. The number of nitrogens with two attached hydrogens (primary N) is 1. The summed E-state index contributed by atoms with van der Waals surface area (Å²) in [7, 11) is 0. The van der Waals surface area contributed by atoms with Gasteiger partial charge in [-0.15, -0.1) is 0 Å². The minimum Gasteiger partial charge on any atom is -0.330 e. The molecule has 1 fully saturated rings. The van der Waals surface area contributed by atoms with Gasteiger partial charge in [0.15, 0.2) is 0 Å². The average molecular weight is 156 g/mol. The van der Waals surface area contributed by atoms with Crippen molar-refractivity contribution in [3.05, 3.63) is 0 Å². The highest BCUT2D eigenvalue weighted by Crippen LogP contribution is 2.14. The van der Waals surface area contributed by atoms with Gasteiger partial charge in [0.1, 0.15) is 0 Å². The Morgan fingerprint density at radius 1 is 1.36 bits per heavy atom. The number of rotatable bonds is 5. The predicted octanol–water partition coefficient (Wildman–Crippen LogP) is 1.07. The van der Waals surface area contributed by atoms with Crippen LogP contribution in [0.1, 0.15) is 26.2 Å². The molecular weight excluding hydrogens is 136 g/mol. The highest BCUT2D eigenvalue weighted by atomic mass is 15.2. The lowest BCUT2D eigenvalue weighted by Crippen LogP contribution is -2.49. The van der Waals surface area contributed by atoms with Gasteiger partial charge >= 0.3 is 0 Å². The lowest BCUT2D eigenvalue weighted by atomic mass is 10.0. The molecular formula is C9H20N2. The van der Waals surface area contributed by atoms with E-state index < -0.39 is 0 Å². The van der Waals surface area contributed by atoms with Crippen LogP contribution in [-0.2, 0) is 0 Å². The lowest BCUT2D eigenvalue weighted by molar-refractivity contribution is 0.104. The maximum Gasteiger partial charge on any atom is 0.00341 e. The largest absolute Gasteiger partial charge is 0.330 e. The zero-order valence-corrected chi connectivity index (χ0v) is 7.55. The molecule has 0 aromatic rings. The van der Waals surface area contributed by atoms with Gasteiger partial charge in [-0.05, 0) is 25.4 Å². The number of nitrogens with zero attached hydrogens (tertiary/aromatic N) is 1. The van der Waals surface area contributed by atoms with Crippen LogP contribution in [0.3, 0.4) is 0 Å². The Kier molecular flexibility index (Phi) is 3.87. The molecule has 1 heterocycles. The van der Waals surface area contributed by atoms with Crippen LogP contribution in [0.25, 0.3) is 0 Å². The average Bonchev–Trinajstić information content (AvgIpc) is 1.94. The van der Waals surface area contributed by atoms with E-state index in [4.69, 9.17) is 5.73 Å². The molecule has 1 rings (SSSR count). The smallest absolute Gasteiger partial charge is 0.00341 e. The summed E-state index contributed by atoms with van der Waals surface area (Å²) in [5.41, 5.74) is 5.52. The first-order valence-electron chi connectivity index (χ1n) is 4.79. The maximum atomic E-state index is 5.52. The first-order valence-corrected chi connectivity index (χ1v) is 4.79. The predicted molar refractivity (Wildman–Crippen MR) is 48.5 cm³/mol. The van der Waals surface area contributed by atoms with Crippen LogP contribution < -0.4 is 5.73 Å². The van der Waals surface area contributed by atoms with Crippen LogP contribution in [-0.4, -0.2) is 31.1 Å². The maximum absolute atomic E-state index is 5.52. The second-order valence-corrected chi connectivity index (χ2v) is 3.57. The Labute approximate surface area is 69.8 Å². The van der Waals surface area contributed by atoms with Crippen molar-refractivity contribution in [1.29, 1.82) is 0 Å². The molecule has 0 aromatic carbocycles. The van der Waals surface area contributed by atoms with Gasteiger partial charge < -0.3 is 10.6 Å². The second kappa shape index (κ2) is 4.73. The van der Waals surface area contributed by atoms with Crippen LogP contribution in [0.15, 0.2) is 0 Å². The summed E-state index contributed by atoms with van der Waals surface area (Å²) < 4.78 is 0. The molecule has 0 saturated carbocycles. The van der Waals surface area contributed by atoms with Crippen LogP contribution >= 0.6 is 0 Å². The van der Waals surface area contributed by atoms with E-state index in [1.165, 1.54) is 38.9 Å². The molecule has 1 saturated heterocycles. The summed E-state index contributed by atoms with van der Waals surface area (Å²) >= 11 is 0. The van der Waals surface area contributed by atoms with E-state index in [-0.39, 0.29) is 0 Å². The summed E-state index contributed by atoms with van der Waals surface area (Å²) in [6, 6.07) is 0. The van der Waals surface area contributed by atoms with Crippen LogP contribution in [0, 0.1) is 5.92 Å². The van der Waals surface area contributed by atoms with Crippen molar-refractivity contribution in [3.8, 4) is 0 Å². The minimum absolute atomic E-state index is 0.802. The summed E-state index contributed by atoms with van der Waals surface area (Å²) in [6.45, 7) is 6.92. The molecule has 1 aliphatic rings. The van der Waals surface area contributed by atoms with Crippen molar-refractivity contribution < 1.29 is 0 Å². The molecule has 0 aromatic heterocycles. The fourth-order valence-electron chi connectivity index (χ4n) is 1.59. The van der Waals surface area contributed by atoms with E-state index in [0.29, 0.717) is 0 Å². The molecule has 0 radical (unpaired) electrons. The summed E-state index contributed by atoms with van der Waals surface area (Å²) in [4.78, 5) is 2.51. The molecule has 2 nitrogen and oxygen atoms in total. The van der Waals surface area contributed by atoms with Gasteiger partial charge in [0.05, 0.1) is 0 Å². The molecule has 0 unspecified atom stereocenters. The van der Waals surface area contributed by atoms with Gasteiger partial charge in [0, 0.05) is 13.1 Å². The van der Waals surface area contributed by atoms with Gasteiger partial charge in [-0.25, -0.2) is 0 Å². The highest BCUT2D eigenvalue weighted by Gasteiger charge is 2.23. The fraction of sp³-hybridized carbons (Fsp3) is 1.00. The van der Waals surface area contributed by atoms with E-state index in [0.717, 1.165) is 12.5 Å². The van der Waals surface area contributed by atoms with E-state index >= 15 is 0 Å². The third-order valence-electron chi connectivity index (χ3n) is 2.44. The van der Waals surface area contributed by atoms with Crippen molar-refractivity contribution in [3.63, 3.8) is 0 Å². The summed E-state index contributed by atoms with van der Waals surface area (Å²) in [5.74, 6) is 0.802. The van der Waals surface area contributed by atoms with Gasteiger partial charge in [0.25, 0.3) is 0 Å². The Bertz CT molecular complexity index is 97.7. The van der Waals surface area contributed by atoms with Gasteiger partial charge in [-0.2, -0.15) is 0 Å². The van der Waals surface area contributed by atoms with Crippen molar-refractivity contribution >= 4 is 0 Å². The lowest BCUT2D eigenvalue weighted by Gasteiger charge is -2.38. The molecule has 0 atom stereocenters. The standard InChI is InChI=1S/C9H20N2/c1-2-3-4-5-11-7-9(6-10)8-11/h9H,2-8,10H2,1H3. The summed E-state index contributed by atoms with van der Waals surface area (Å²) in [6.07, 6.45) is 4.08. The molecule has 0 bridgehead atoms. The van der Waals surface area contributed by atoms with Crippen molar-refractivity contribution in [2.24, 2.45) is 11.7 Å². The highest BCUT2D eigenvalue weighted by molar-refractivity contribution is 4.79. The molecule has 11 heavy (non-hydrogen) atoms. The Morgan fingerprint density at radius 2 is 2.09 bits per heavy atom. The minimum atomic E-state index is 0.802. The zero-order valence-electron chi connectivity index (χ0n) is 7.55. The van der Waals surface area contributed by atoms with Gasteiger partial charge in [-0.1, -0.05) is 19.8 Å². The van der Waals surface area contributed by atoms with E-state index in [2.05, 4.69) is 11.8 Å². The third-order valence-corrected chi connectivity index (χ3v) is 2.44. The topological polar surface area (TPSA) is 29.3 Å².